The first kappa shape index (κ1) is 18.8. The summed E-state index contributed by atoms with van der Waals surface area (Å²) in [5.41, 5.74) is 0.438. The molecule has 3 rings (SSSR count). The summed E-state index contributed by atoms with van der Waals surface area (Å²) >= 11 is 12.8. The number of hydrogen-bond donors (Lipinski definition) is 2. The zero-order chi connectivity index (χ0) is 18.9. The van der Waals surface area contributed by atoms with Gasteiger partial charge in [0.25, 0.3) is 0 Å². The van der Waals surface area contributed by atoms with Gasteiger partial charge in [-0.15, -0.1) is 0 Å². The fraction of sp³-hybridized carbons (Fsp3) is 0.133. The molecule has 0 saturated carbocycles. The topological polar surface area (TPSA) is 70.7 Å². The van der Waals surface area contributed by atoms with E-state index in [2.05, 4.69) is 20.3 Å². The summed E-state index contributed by atoms with van der Waals surface area (Å²) in [6, 6.07) is 5.86. The van der Waals surface area contributed by atoms with Crippen LogP contribution in [0.1, 0.15) is 5.56 Å². The van der Waals surface area contributed by atoms with Crippen LogP contribution < -0.4 is 5.32 Å². The number of nitrogens with one attached hydrogen (secondary N) is 2. The smallest absolute Gasteiger partial charge is 0.333 e. The molecule has 136 valence electrons. The number of H-pyrrole nitrogens is 1. The number of anilines is 1. The van der Waals surface area contributed by atoms with Gasteiger partial charge in [0.15, 0.2) is 11.0 Å². The fourth-order valence-corrected chi connectivity index (χ4v) is 3.08. The Morgan fingerprint density at radius 3 is 2.73 bits per heavy atom. The Morgan fingerprint density at radius 1 is 1.27 bits per heavy atom. The Morgan fingerprint density at radius 2 is 2.04 bits per heavy atom. The van der Waals surface area contributed by atoms with E-state index in [1.54, 1.807) is 18.2 Å². The highest BCUT2D eigenvalue weighted by atomic mass is 35.5. The summed E-state index contributed by atoms with van der Waals surface area (Å²) in [6.07, 6.45) is -3.95. The molecule has 0 saturated heterocycles. The molecule has 0 atom stereocenters. The number of fused-ring (bicyclic) bond motifs is 1. The van der Waals surface area contributed by atoms with Crippen molar-refractivity contribution in [2.45, 2.75) is 11.3 Å². The van der Waals surface area contributed by atoms with Crippen LogP contribution in [0.3, 0.4) is 0 Å². The van der Waals surface area contributed by atoms with Gasteiger partial charge in [0.05, 0.1) is 27.4 Å². The molecule has 0 unspecified atom stereocenters. The SMILES string of the molecule is O=C(CSc1nc2ccc(Cl)cc2[nH]1)Nc1ncc(C(F)(F)F)cc1Cl. The molecule has 2 heterocycles. The number of rotatable bonds is 4. The van der Waals surface area contributed by atoms with Gasteiger partial charge in [-0.1, -0.05) is 35.0 Å². The molecule has 0 fully saturated rings. The standard InChI is InChI=1S/C15H9Cl2F3N4OS/c16-8-1-2-10-11(4-8)23-14(22-10)26-6-12(25)24-13-9(17)3-7(5-21-13)15(18,19)20/h1-5H,6H2,(H,22,23)(H,21,24,25). The molecular formula is C15H9Cl2F3N4OS. The third-order valence-corrected chi connectivity index (χ3v) is 4.59. The summed E-state index contributed by atoms with van der Waals surface area (Å²) in [5, 5.41) is 3.13. The Kier molecular flexibility index (Phi) is 5.31. The molecule has 0 bridgehead atoms. The summed E-state index contributed by atoms with van der Waals surface area (Å²) in [6.45, 7) is 0. The molecule has 2 aromatic heterocycles. The molecule has 0 aliphatic carbocycles. The van der Waals surface area contributed by atoms with E-state index in [1.807, 2.05) is 0 Å². The number of carbonyl (C=O) groups is 1. The first-order chi connectivity index (χ1) is 12.2. The molecule has 3 aromatic rings. The van der Waals surface area contributed by atoms with Gasteiger partial charge in [-0.2, -0.15) is 13.2 Å². The average molecular weight is 421 g/mol. The Labute approximate surface area is 159 Å². The van der Waals surface area contributed by atoms with Crippen LogP contribution in [0.25, 0.3) is 11.0 Å². The van der Waals surface area contributed by atoms with Crippen LogP contribution in [0.5, 0.6) is 0 Å². The normalized spacial score (nSPS) is 11.7. The van der Waals surface area contributed by atoms with Gasteiger partial charge in [-0.3, -0.25) is 4.79 Å². The van der Waals surface area contributed by atoms with Crippen molar-refractivity contribution in [3.63, 3.8) is 0 Å². The molecule has 0 aliphatic rings. The lowest BCUT2D eigenvalue weighted by Gasteiger charge is -2.09. The predicted octanol–water partition coefficient (Wildman–Crippen LogP) is 5.01. The van der Waals surface area contributed by atoms with Crippen LogP contribution in [-0.2, 0) is 11.0 Å². The maximum Gasteiger partial charge on any atom is 0.417 e. The monoisotopic (exact) mass is 420 g/mol. The van der Waals surface area contributed by atoms with Crippen LogP contribution in [0, 0.1) is 0 Å². The van der Waals surface area contributed by atoms with Crippen molar-refractivity contribution in [1.82, 2.24) is 15.0 Å². The lowest BCUT2D eigenvalue weighted by atomic mass is 10.3. The quantitative estimate of drug-likeness (QED) is 0.581. The number of halogens is 5. The van der Waals surface area contributed by atoms with E-state index in [0.29, 0.717) is 28.0 Å². The van der Waals surface area contributed by atoms with Gasteiger partial charge in [-0.25, -0.2) is 9.97 Å². The lowest BCUT2D eigenvalue weighted by molar-refractivity contribution is -0.137. The van der Waals surface area contributed by atoms with Gasteiger partial charge in [0.1, 0.15) is 0 Å². The summed E-state index contributed by atoms with van der Waals surface area (Å²) in [7, 11) is 0. The van der Waals surface area contributed by atoms with E-state index in [0.717, 1.165) is 17.3 Å². The average Bonchev–Trinajstić information content (AvgIpc) is 2.96. The van der Waals surface area contributed by atoms with Gasteiger partial charge < -0.3 is 10.3 Å². The summed E-state index contributed by atoms with van der Waals surface area (Å²) in [4.78, 5) is 22.8. The molecule has 11 heteroatoms. The van der Waals surface area contributed by atoms with Crippen LogP contribution in [0.4, 0.5) is 19.0 Å². The lowest BCUT2D eigenvalue weighted by Crippen LogP contribution is -2.16. The highest BCUT2D eigenvalue weighted by molar-refractivity contribution is 7.99. The zero-order valence-corrected chi connectivity index (χ0v) is 15.0. The number of amides is 1. The number of pyridine rings is 1. The largest absolute Gasteiger partial charge is 0.417 e. The molecule has 26 heavy (non-hydrogen) atoms. The van der Waals surface area contributed by atoms with E-state index in [9.17, 15) is 18.0 Å². The van der Waals surface area contributed by atoms with Crippen molar-refractivity contribution in [3.8, 4) is 0 Å². The minimum atomic E-state index is -4.56. The van der Waals surface area contributed by atoms with Crippen LogP contribution >= 0.6 is 35.0 Å². The number of alkyl halides is 3. The maximum absolute atomic E-state index is 12.6. The first-order valence-corrected chi connectivity index (χ1v) is 8.77. The van der Waals surface area contributed by atoms with E-state index in [1.165, 1.54) is 0 Å². The summed E-state index contributed by atoms with van der Waals surface area (Å²) in [5.74, 6) is -0.656. The molecule has 0 radical (unpaired) electrons. The van der Waals surface area contributed by atoms with Gasteiger partial charge >= 0.3 is 6.18 Å². The van der Waals surface area contributed by atoms with Crippen LogP contribution in [-0.4, -0.2) is 26.6 Å². The predicted molar refractivity (Wildman–Crippen MR) is 94.7 cm³/mol. The van der Waals surface area contributed by atoms with E-state index in [-0.39, 0.29) is 16.6 Å². The molecule has 2 N–H and O–H groups in total. The van der Waals surface area contributed by atoms with Gasteiger partial charge in [0.2, 0.25) is 5.91 Å². The maximum atomic E-state index is 12.6. The number of aromatic amines is 1. The fourth-order valence-electron chi connectivity index (χ4n) is 2.01. The molecular weight excluding hydrogens is 412 g/mol. The van der Waals surface area contributed by atoms with Crippen molar-refractivity contribution in [2.24, 2.45) is 0 Å². The van der Waals surface area contributed by atoms with E-state index in [4.69, 9.17) is 23.2 Å². The second-order valence-corrected chi connectivity index (χ2v) is 6.90. The third-order valence-electron chi connectivity index (χ3n) is 3.19. The van der Waals surface area contributed by atoms with Gasteiger partial charge in [-0.05, 0) is 24.3 Å². The second-order valence-electron chi connectivity index (χ2n) is 5.09. The highest BCUT2D eigenvalue weighted by Crippen LogP contribution is 2.32. The van der Waals surface area contributed by atoms with Crippen molar-refractivity contribution in [1.29, 1.82) is 0 Å². The van der Waals surface area contributed by atoms with Crippen LogP contribution in [0.15, 0.2) is 35.6 Å². The van der Waals surface area contributed by atoms with Gasteiger partial charge in [0, 0.05) is 11.2 Å². The number of nitrogens with zero attached hydrogens (tertiary/aromatic N) is 2. The number of imidazole rings is 1. The Bertz CT molecular complexity index is 977. The summed E-state index contributed by atoms with van der Waals surface area (Å²) < 4.78 is 37.7. The minimum absolute atomic E-state index is 0.0351. The molecule has 5 nitrogen and oxygen atoms in total. The number of carbonyl (C=O) groups excluding carboxylic acids is 1. The molecule has 0 spiro atoms. The van der Waals surface area contributed by atoms with Crippen molar-refractivity contribution in [3.05, 3.63) is 46.1 Å². The highest BCUT2D eigenvalue weighted by Gasteiger charge is 2.31. The van der Waals surface area contributed by atoms with Crippen LogP contribution in [0.2, 0.25) is 10.0 Å². The van der Waals surface area contributed by atoms with E-state index >= 15 is 0 Å². The number of benzene rings is 1. The first-order valence-electron chi connectivity index (χ1n) is 7.03. The third kappa shape index (κ3) is 4.40. The molecule has 1 amide bonds. The van der Waals surface area contributed by atoms with Crippen molar-refractivity contribution < 1.29 is 18.0 Å². The number of hydrogen-bond acceptors (Lipinski definition) is 4. The molecule has 1 aromatic carbocycles. The van der Waals surface area contributed by atoms with E-state index < -0.39 is 17.6 Å². The number of aromatic nitrogens is 3. The number of thioether (sulfide) groups is 1. The van der Waals surface area contributed by atoms with Crippen molar-refractivity contribution in [2.75, 3.05) is 11.1 Å². The zero-order valence-electron chi connectivity index (χ0n) is 12.7. The van der Waals surface area contributed by atoms with Crippen molar-refractivity contribution >= 4 is 57.7 Å². The second kappa shape index (κ2) is 7.34. The Balaban J connectivity index is 1.63. The molecule has 0 aliphatic heterocycles. The minimum Gasteiger partial charge on any atom is -0.333 e. The Hall–Kier alpha value is -1.97.